The highest BCUT2D eigenvalue weighted by Gasteiger charge is 2.33. The fourth-order valence-corrected chi connectivity index (χ4v) is 6.45. The quantitative estimate of drug-likeness (QED) is 0.219. The van der Waals surface area contributed by atoms with Crippen molar-refractivity contribution in [3.05, 3.63) is 41.5 Å². The Hall–Kier alpha value is -3.13. The number of carbonyl (C=O) groups is 1. The number of hydrogen-bond acceptors (Lipinski definition) is 8. The summed E-state index contributed by atoms with van der Waals surface area (Å²) >= 11 is 0. The summed E-state index contributed by atoms with van der Waals surface area (Å²) in [4.78, 5) is 11.9. The van der Waals surface area contributed by atoms with Crippen molar-refractivity contribution in [1.29, 1.82) is 0 Å². The number of esters is 1. The lowest BCUT2D eigenvalue weighted by Gasteiger charge is -2.35. The normalized spacial score (nSPS) is 24.1. The van der Waals surface area contributed by atoms with Gasteiger partial charge in [0.2, 0.25) is 5.75 Å². The molecule has 0 spiro atoms. The molecule has 1 saturated heterocycles. The van der Waals surface area contributed by atoms with Crippen molar-refractivity contribution in [2.75, 3.05) is 0 Å². The van der Waals surface area contributed by atoms with Crippen LogP contribution < -0.4 is 9.47 Å². The van der Waals surface area contributed by atoms with Gasteiger partial charge in [-0.2, -0.15) is 0 Å². The van der Waals surface area contributed by atoms with Gasteiger partial charge in [0.1, 0.15) is 6.10 Å². The van der Waals surface area contributed by atoms with Crippen molar-refractivity contribution >= 4 is 5.97 Å². The molecule has 0 aromatic heterocycles. The van der Waals surface area contributed by atoms with E-state index in [4.69, 9.17) is 18.9 Å². The van der Waals surface area contributed by atoms with E-state index < -0.39 is 6.10 Å². The van der Waals surface area contributed by atoms with E-state index in [1.54, 1.807) is 12.1 Å². The van der Waals surface area contributed by atoms with Crippen LogP contribution >= 0.6 is 0 Å². The van der Waals surface area contributed by atoms with E-state index in [1.807, 2.05) is 12.1 Å². The number of aryl methyl sites for hydroxylation is 1. The number of carbonyl (C=O) groups excluding carboxylic acids is 1. The molecular formula is C33H44O8. The molecular weight excluding hydrogens is 524 g/mol. The van der Waals surface area contributed by atoms with E-state index in [-0.39, 0.29) is 53.4 Å². The standard InChI is InChI=1S/C33H44O8/c1-21(34)38-27-19-26(14-12-22-13-15-28(35)31(16-22)39-24-8-4-2-5-9-24)41-30(20-27)23-17-29(36)33(37)32(18-23)40-25-10-6-3-7-11-25/h13,15-18,24-27,30,35-37H,2-12,14,19-20H2,1H3/t26-,27+,30-/m0/s1. The van der Waals surface area contributed by atoms with Gasteiger partial charge >= 0.3 is 5.97 Å². The number of aromatic hydroxyl groups is 3. The number of ether oxygens (including phenoxy) is 4. The molecule has 2 aliphatic carbocycles. The van der Waals surface area contributed by atoms with E-state index in [9.17, 15) is 20.1 Å². The summed E-state index contributed by atoms with van der Waals surface area (Å²) in [6, 6.07) is 8.76. The summed E-state index contributed by atoms with van der Waals surface area (Å²) in [5.74, 6) is 0.0873. The lowest BCUT2D eigenvalue weighted by molar-refractivity contribution is -0.160. The smallest absolute Gasteiger partial charge is 0.302 e. The molecule has 3 fully saturated rings. The number of hydrogen-bond donors (Lipinski definition) is 3. The maximum Gasteiger partial charge on any atom is 0.302 e. The molecule has 8 nitrogen and oxygen atoms in total. The Kier molecular flexibility index (Phi) is 9.80. The fourth-order valence-electron chi connectivity index (χ4n) is 6.45. The predicted molar refractivity (Wildman–Crippen MR) is 154 cm³/mol. The molecule has 2 aromatic rings. The molecule has 5 rings (SSSR count). The zero-order valence-corrected chi connectivity index (χ0v) is 24.1. The van der Waals surface area contributed by atoms with Crippen molar-refractivity contribution < 1.29 is 39.1 Å². The molecule has 224 valence electrons. The summed E-state index contributed by atoms with van der Waals surface area (Å²) in [5, 5.41) is 31.4. The third kappa shape index (κ3) is 8.00. The van der Waals surface area contributed by atoms with Gasteiger partial charge in [-0.05, 0) is 99.6 Å². The van der Waals surface area contributed by atoms with Crippen LogP contribution in [-0.4, -0.2) is 45.7 Å². The Balaban J connectivity index is 1.28. The van der Waals surface area contributed by atoms with E-state index in [0.717, 1.165) is 56.9 Å². The molecule has 2 saturated carbocycles. The van der Waals surface area contributed by atoms with Crippen LogP contribution in [-0.2, 0) is 20.7 Å². The zero-order valence-electron chi connectivity index (χ0n) is 24.1. The molecule has 3 N–H and O–H groups in total. The van der Waals surface area contributed by atoms with Crippen LogP contribution in [0, 0.1) is 0 Å². The molecule has 1 aliphatic heterocycles. The first-order valence-corrected chi connectivity index (χ1v) is 15.4. The van der Waals surface area contributed by atoms with Gasteiger partial charge in [-0.15, -0.1) is 0 Å². The summed E-state index contributed by atoms with van der Waals surface area (Å²) in [5.41, 5.74) is 1.72. The third-order valence-electron chi connectivity index (χ3n) is 8.61. The summed E-state index contributed by atoms with van der Waals surface area (Å²) in [6.45, 7) is 1.41. The second-order valence-electron chi connectivity index (χ2n) is 11.9. The molecule has 0 amide bonds. The largest absolute Gasteiger partial charge is 0.504 e. The highest BCUT2D eigenvalue weighted by Crippen LogP contribution is 2.43. The predicted octanol–water partition coefficient (Wildman–Crippen LogP) is 7.01. The van der Waals surface area contributed by atoms with Gasteiger partial charge in [-0.25, -0.2) is 0 Å². The average Bonchev–Trinajstić information content (AvgIpc) is 2.96. The number of rotatable bonds is 9. The second kappa shape index (κ2) is 13.7. The van der Waals surface area contributed by atoms with Crippen LogP contribution in [0.15, 0.2) is 30.3 Å². The summed E-state index contributed by atoms with van der Waals surface area (Å²) in [7, 11) is 0. The van der Waals surface area contributed by atoms with Gasteiger partial charge in [0.25, 0.3) is 0 Å². The van der Waals surface area contributed by atoms with Crippen molar-refractivity contribution in [3.8, 4) is 28.7 Å². The van der Waals surface area contributed by atoms with Crippen LogP contribution in [0.5, 0.6) is 28.7 Å². The first kappa shape index (κ1) is 29.4. The molecule has 0 unspecified atom stereocenters. The zero-order chi connectivity index (χ0) is 28.8. The van der Waals surface area contributed by atoms with E-state index in [0.29, 0.717) is 37.0 Å². The van der Waals surface area contributed by atoms with Gasteiger partial charge in [0, 0.05) is 19.8 Å². The van der Waals surface area contributed by atoms with E-state index in [2.05, 4.69) is 0 Å². The van der Waals surface area contributed by atoms with E-state index in [1.165, 1.54) is 25.8 Å². The van der Waals surface area contributed by atoms with Crippen LogP contribution in [0.3, 0.4) is 0 Å². The Labute approximate surface area is 242 Å². The number of phenolic OH excluding ortho intramolecular Hbond substituents is 3. The van der Waals surface area contributed by atoms with Gasteiger partial charge in [-0.1, -0.05) is 18.9 Å². The molecule has 41 heavy (non-hydrogen) atoms. The topological polar surface area (TPSA) is 115 Å². The Morgan fingerprint density at radius 3 is 2.12 bits per heavy atom. The van der Waals surface area contributed by atoms with E-state index >= 15 is 0 Å². The Morgan fingerprint density at radius 1 is 0.805 bits per heavy atom. The van der Waals surface area contributed by atoms with Crippen LogP contribution in [0.4, 0.5) is 0 Å². The van der Waals surface area contributed by atoms with Crippen molar-refractivity contribution in [1.82, 2.24) is 0 Å². The van der Waals surface area contributed by atoms with Gasteiger partial charge in [0.15, 0.2) is 23.0 Å². The van der Waals surface area contributed by atoms with Gasteiger partial charge < -0.3 is 34.3 Å². The molecule has 0 bridgehead atoms. The van der Waals surface area contributed by atoms with Crippen molar-refractivity contribution in [2.45, 2.75) is 127 Å². The van der Waals surface area contributed by atoms with Gasteiger partial charge in [-0.3, -0.25) is 4.79 Å². The SMILES string of the molecule is CC(=O)O[C@@H]1C[C@H](CCc2ccc(O)c(OC3CCCCC3)c2)O[C@H](c2cc(O)c(O)c(OC3CCCCC3)c2)C1. The Morgan fingerprint density at radius 2 is 1.46 bits per heavy atom. The van der Waals surface area contributed by atoms with Crippen LogP contribution in [0.25, 0.3) is 0 Å². The maximum absolute atomic E-state index is 11.9. The maximum atomic E-state index is 11.9. The van der Waals surface area contributed by atoms with Crippen LogP contribution in [0.2, 0.25) is 0 Å². The summed E-state index contributed by atoms with van der Waals surface area (Å²) in [6.07, 6.45) is 12.3. The molecule has 3 aliphatic rings. The fraction of sp³-hybridized carbons (Fsp3) is 0.606. The van der Waals surface area contributed by atoms with Crippen LogP contribution in [0.1, 0.15) is 108 Å². The first-order chi connectivity index (χ1) is 19.8. The highest BCUT2D eigenvalue weighted by molar-refractivity contribution is 5.66. The monoisotopic (exact) mass is 568 g/mol. The second-order valence-corrected chi connectivity index (χ2v) is 11.9. The average molecular weight is 569 g/mol. The molecule has 8 heteroatoms. The van der Waals surface area contributed by atoms with Crippen molar-refractivity contribution in [3.63, 3.8) is 0 Å². The van der Waals surface area contributed by atoms with Gasteiger partial charge in [0.05, 0.1) is 24.4 Å². The minimum absolute atomic E-state index is 0.00964. The molecule has 3 atom stereocenters. The van der Waals surface area contributed by atoms with Crippen molar-refractivity contribution in [2.24, 2.45) is 0 Å². The lowest BCUT2D eigenvalue weighted by atomic mass is 9.92. The Bertz CT molecular complexity index is 1170. The lowest BCUT2D eigenvalue weighted by Crippen LogP contribution is -2.34. The molecule has 0 radical (unpaired) electrons. The molecule has 1 heterocycles. The third-order valence-corrected chi connectivity index (χ3v) is 8.61. The first-order valence-electron chi connectivity index (χ1n) is 15.4. The highest BCUT2D eigenvalue weighted by atomic mass is 16.6. The number of phenols is 3. The minimum atomic E-state index is -0.441. The number of benzene rings is 2. The molecule has 2 aromatic carbocycles. The minimum Gasteiger partial charge on any atom is -0.504 e. The summed E-state index contributed by atoms with van der Waals surface area (Å²) < 4.78 is 24.4.